The van der Waals surface area contributed by atoms with Crippen LogP contribution in [0.25, 0.3) is 43.9 Å². The van der Waals surface area contributed by atoms with E-state index in [1.807, 2.05) is 6.20 Å². The predicted octanol–water partition coefficient (Wildman–Crippen LogP) is 6.72. The first-order chi connectivity index (χ1) is 12.9. The number of hydrogen-bond donors (Lipinski definition) is 0. The maximum absolute atomic E-state index is 4.70. The minimum atomic E-state index is 1.03. The van der Waals surface area contributed by atoms with Crippen LogP contribution in [0.4, 0.5) is 0 Å². The molecule has 0 amide bonds. The van der Waals surface area contributed by atoms with Crippen LogP contribution < -0.4 is 0 Å². The van der Waals surface area contributed by atoms with Crippen molar-refractivity contribution in [1.82, 2.24) is 4.98 Å². The molecule has 1 heterocycles. The molecule has 5 rings (SSSR count). The Morgan fingerprint density at radius 3 is 2.08 bits per heavy atom. The number of aromatic nitrogens is 1. The molecule has 5 aromatic rings. The molecule has 1 heteroatoms. The molecule has 0 saturated heterocycles. The van der Waals surface area contributed by atoms with Gasteiger partial charge in [0.05, 0.1) is 5.52 Å². The van der Waals surface area contributed by atoms with Crippen molar-refractivity contribution in [3.63, 3.8) is 0 Å². The molecule has 0 bridgehead atoms. The SMILES string of the molecule is c1ccc(-c2ccccc2-c2cccc3ncc4ccccc4c23)cc1. The largest absolute Gasteiger partial charge is 0.256 e. The number of benzene rings is 4. The zero-order valence-electron chi connectivity index (χ0n) is 14.3. The van der Waals surface area contributed by atoms with Gasteiger partial charge >= 0.3 is 0 Å². The first-order valence-corrected chi connectivity index (χ1v) is 8.83. The summed E-state index contributed by atoms with van der Waals surface area (Å²) < 4.78 is 0. The van der Waals surface area contributed by atoms with Gasteiger partial charge in [0.15, 0.2) is 0 Å². The van der Waals surface area contributed by atoms with E-state index in [0.717, 1.165) is 5.52 Å². The molecule has 0 radical (unpaired) electrons. The van der Waals surface area contributed by atoms with Gasteiger partial charge < -0.3 is 0 Å². The van der Waals surface area contributed by atoms with Gasteiger partial charge in [-0.1, -0.05) is 91.0 Å². The Kier molecular flexibility index (Phi) is 3.50. The second-order valence-corrected chi connectivity index (χ2v) is 6.46. The molecule has 4 aromatic carbocycles. The molecule has 0 spiro atoms. The normalized spacial score (nSPS) is 11.1. The fraction of sp³-hybridized carbons (Fsp3) is 0. The topological polar surface area (TPSA) is 12.9 Å². The van der Waals surface area contributed by atoms with Crippen molar-refractivity contribution in [2.24, 2.45) is 0 Å². The molecule has 122 valence electrons. The van der Waals surface area contributed by atoms with Gasteiger partial charge in [0.1, 0.15) is 0 Å². The Labute approximate surface area is 152 Å². The van der Waals surface area contributed by atoms with Crippen molar-refractivity contribution in [2.75, 3.05) is 0 Å². The Balaban J connectivity index is 1.88. The zero-order chi connectivity index (χ0) is 17.3. The number of nitrogens with zero attached hydrogens (tertiary/aromatic N) is 1. The van der Waals surface area contributed by atoms with Crippen LogP contribution in [0, 0.1) is 0 Å². The van der Waals surface area contributed by atoms with E-state index in [2.05, 4.69) is 97.1 Å². The summed E-state index contributed by atoms with van der Waals surface area (Å²) in [5, 5.41) is 3.63. The highest BCUT2D eigenvalue weighted by molar-refractivity contribution is 6.13. The molecular formula is C25H17N. The molecule has 0 aliphatic heterocycles. The van der Waals surface area contributed by atoms with E-state index in [-0.39, 0.29) is 0 Å². The van der Waals surface area contributed by atoms with Gasteiger partial charge in [0, 0.05) is 17.0 Å². The smallest absolute Gasteiger partial charge is 0.0714 e. The van der Waals surface area contributed by atoms with Crippen LogP contribution in [0.2, 0.25) is 0 Å². The first-order valence-electron chi connectivity index (χ1n) is 8.83. The van der Waals surface area contributed by atoms with E-state index in [0.29, 0.717) is 0 Å². The van der Waals surface area contributed by atoms with E-state index in [1.165, 1.54) is 38.4 Å². The average molecular weight is 331 g/mol. The number of pyridine rings is 1. The van der Waals surface area contributed by atoms with Gasteiger partial charge in [-0.3, -0.25) is 4.98 Å². The van der Waals surface area contributed by atoms with E-state index < -0.39 is 0 Å². The van der Waals surface area contributed by atoms with Crippen LogP contribution in [-0.2, 0) is 0 Å². The number of rotatable bonds is 2. The molecular weight excluding hydrogens is 314 g/mol. The maximum Gasteiger partial charge on any atom is 0.0714 e. The fourth-order valence-corrected chi connectivity index (χ4v) is 3.72. The summed E-state index contributed by atoms with van der Waals surface area (Å²) in [6, 6.07) is 34.1. The first kappa shape index (κ1) is 14.9. The molecule has 0 aliphatic rings. The molecule has 0 saturated carbocycles. The van der Waals surface area contributed by atoms with Crippen molar-refractivity contribution in [3.05, 3.63) is 103 Å². The van der Waals surface area contributed by atoms with Gasteiger partial charge in [-0.25, -0.2) is 0 Å². The van der Waals surface area contributed by atoms with Crippen LogP contribution in [0.15, 0.2) is 103 Å². The summed E-state index contributed by atoms with van der Waals surface area (Å²) in [7, 11) is 0. The molecule has 0 aliphatic carbocycles. The molecule has 0 N–H and O–H groups in total. The summed E-state index contributed by atoms with van der Waals surface area (Å²) >= 11 is 0. The van der Waals surface area contributed by atoms with Crippen LogP contribution in [-0.4, -0.2) is 4.98 Å². The number of fused-ring (bicyclic) bond motifs is 3. The molecule has 26 heavy (non-hydrogen) atoms. The Morgan fingerprint density at radius 2 is 1.19 bits per heavy atom. The fourth-order valence-electron chi connectivity index (χ4n) is 3.72. The van der Waals surface area contributed by atoms with Crippen molar-refractivity contribution >= 4 is 21.7 Å². The summed E-state index contributed by atoms with van der Waals surface area (Å²) in [6.07, 6.45) is 1.96. The predicted molar refractivity (Wildman–Crippen MR) is 110 cm³/mol. The van der Waals surface area contributed by atoms with E-state index in [9.17, 15) is 0 Å². The summed E-state index contributed by atoms with van der Waals surface area (Å²) in [6.45, 7) is 0. The van der Waals surface area contributed by atoms with E-state index in [4.69, 9.17) is 4.98 Å². The summed E-state index contributed by atoms with van der Waals surface area (Å²) in [5.41, 5.74) is 5.97. The molecule has 0 unspecified atom stereocenters. The lowest BCUT2D eigenvalue weighted by Gasteiger charge is -2.14. The maximum atomic E-state index is 4.70. The van der Waals surface area contributed by atoms with Crippen molar-refractivity contribution < 1.29 is 0 Å². The number of hydrogen-bond acceptors (Lipinski definition) is 1. The monoisotopic (exact) mass is 331 g/mol. The van der Waals surface area contributed by atoms with Gasteiger partial charge in [-0.15, -0.1) is 0 Å². The molecule has 0 fully saturated rings. The lowest BCUT2D eigenvalue weighted by molar-refractivity contribution is 1.44. The van der Waals surface area contributed by atoms with Gasteiger partial charge in [0.25, 0.3) is 0 Å². The van der Waals surface area contributed by atoms with Crippen molar-refractivity contribution in [3.8, 4) is 22.3 Å². The molecule has 1 aromatic heterocycles. The van der Waals surface area contributed by atoms with Crippen molar-refractivity contribution in [2.45, 2.75) is 0 Å². The Hall–Kier alpha value is -3.45. The third-order valence-corrected chi connectivity index (χ3v) is 4.92. The minimum Gasteiger partial charge on any atom is -0.256 e. The van der Waals surface area contributed by atoms with Gasteiger partial charge in [-0.2, -0.15) is 0 Å². The highest BCUT2D eigenvalue weighted by Gasteiger charge is 2.12. The second-order valence-electron chi connectivity index (χ2n) is 6.46. The standard InChI is InChI=1S/C25H17N/c1-2-9-18(10-3-1)20-12-6-7-14-22(20)23-15-8-16-24-25(23)21-13-5-4-11-19(21)17-26-24/h1-17H. The summed E-state index contributed by atoms with van der Waals surface area (Å²) in [4.78, 5) is 4.70. The molecule has 1 nitrogen and oxygen atoms in total. The minimum absolute atomic E-state index is 1.03. The third-order valence-electron chi connectivity index (χ3n) is 4.92. The van der Waals surface area contributed by atoms with Crippen LogP contribution in [0.5, 0.6) is 0 Å². The van der Waals surface area contributed by atoms with Crippen LogP contribution in [0.1, 0.15) is 0 Å². The lowest BCUT2D eigenvalue weighted by atomic mass is 9.91. The average Bonchev–Trinajstić information content (AvgIpc) is 2.74. The van der Waals surface area contributed by atoms with Crippen LogP contribution >= 0.6 is 0 Å². The van der Waals surface area contributed by atoms with E-state index in [1.54, 1.807) is 0 Å². The zero-order valence-corrected chi connectivity index (χ0v) is 14.3. The lowest BCUT2D eigenvalue weighted by Crippen LogP contribution is -1.89. The van der Waals surface area contributed by atoms with Gasteiger partial charge in [-0.05, 0) is 33.7 Å². The highest BCUT2D eigenvalue weighted by Crippen LogP contribution is 2.38. The Morgan fingerprint density at radius 1 is 0.500 bits per heavy atom. The van der Waals surface area contributed by atoms with E-state index >= 15 is 0 Å². The second kappa shape index (κ2) is 6.12. The van der Waals surface area contributed by atoms with Crippen LogP contribution in [0.3, 0.4) is 0 Å². The third kappa shape index (κ3) is 2.37. The molecule has 0 atom stereocenters. The quantitative estimate of drug-likeness (QED) is 0.327. The summed E-state index contributed by atoms with van der Waals surface area (Å²) in [5.74, 6) is 0. The van der Waals surface area contributed by atoms with Crippen molar-refractivity contribution in [1.29, 1.82) is 0 Å². The highest BCUT2D eigenvalue weighted by atomic mass is 14.6. The Bertz CT molecular complexity index is 1220. The van der Waals surface area contributed by atoms with Gasteiger partial charge in [0.2, 0.25) is 0 Å².